The number of nitrogens with zero attached hydrogens (tertiary/aromatic N) is 1. The standard InChI is InChI=1S/C18H34N2O3S/c1-2-24(21,22)20-10-5-15(6-11-20)14-23-12-7-17-13-18(17)16-3-8-19-9-4-16/h15-19H,2-14H2,1H3. The average Bonchev–Trinajstić information content (AvgIpc) is 3.39. The molecule has 0 spiro atoms. The van der Waals surface area contributed by atoms with Gasteiger partial charge in [0.25, 0.3) is 0 Å². The molecule has 24 heavy (non-hydrogen) atoms. The van der Waals surface area contributed by atoms with Gasteiger partial charge in [-0.1, -0.05) is 0 Å². The van der Waals surface area contributed by atoms with Gasteiger partial charge in [-0.3, -0.25) is 0 Å². The van der Waals surface area contributed by atoms with Crippen LogP contribution >= 0.6 is 0 Å². The lowest BCUT2D eigenvalue weighted by atomic mass is 9.91. The van der Waals surface area contributed by atoms with Gasteiger partial charge in [0.1, 0.15) is 0 Å². The third-order valence-electron chi connectivity index (χ3n) is 6.28. The van der Waals surface area contributed by atoms with Gasteiger partial charge in [-0.25, -0.2) is 12.7 Å². The molecule has 3 aliphatic rings. The van der Waals surface area contributed by atoms with E-state index < -0.39 is 10.0 Å². The molecule has 3 rings (SSSR count). The van der Waals surface area contributed by atoms with Crippen LogP contribution in [0.25, 0.3) is 0 Å². The smallest absolute Gasteiger partial charge is 0.213 e. The molecule has 1 saturated carbocycles. The van der Waals surface area contributed by atoms with Crippen molar-refractivity contribution in [2.45, 2.75) is 45.4 Å². The molecule has 2 heterocycles. The van der Waals surface area contributed by atoms with Crippen molar-refractivity contribution in [2.24, 2.45) is 23.7 Å². The van der Waals surface area contributed by atoms with E-state index in [9.17, 15) is 8.42 Å². The fourth-order valence-corrected chi connectivity index (χ4v) is 5.61. The zero-order valence-electron chi connectivity index (χ0n) is 15.1. The summed E-state index contributed by atoms with van der Waals surface area (Å²) in [5, 5.41) is 3.45. The van der Waals surface area contributed by atoms with Crippen LogP contribution in [0.4, 0.5) is 0 Å². The molecule has 6 heteroatoms. The molecule has 0 aromatic rings. The molecule has 1 aliphatic carbocycles. The van der Waals surface area contributed by atoms with Crippen molar-refractivity contribution in [3.05, 3.63) is 0 Å². The van der Waals surface area contributed by atoms with Gasteiger partial charge in [0, 0.05) is 26.3 Å². The summed E-state index contributed by atoms with van der Waals surface area (Å²) in [6.45, 7) is 7.17. The van der Waals surface area contributed by atoms with E-state index in [-0.39, 0.29) is 5.75 Å². The van der Waals surface area contributed by atoms with Crippen LogP contribution < -0.4 is 5.32 Å². The number of hydrogen-bond acceptors (Lipinski definition) is 4. The molecule has 2 atom stereocenters. The molecule has 0 amide bonds. The van der Waals surface area contributed by atoms with Gasteiger partial charge in [-0.2, -0.15) is 0 Å². The maximum Gasteiger partial charge on any atom is 0.213 e. The molecule has 0 aromatic heterocycles. The van der Waals surface area contributed by atoms with E-state index in [0.717, 1.165) is 43.8 Å². The minimum Gasteiger partial charge on any atom is -0.381 e. The average molecular weight is 359 g/mol. The van der Waals surface area contributed by atoms with Gasteiger partial charge in [0.15, 0.2) is 0 Å². The molecule has 5 nitrogen and oxygen atoms in total. The third-order valence-corrected chi connectivity index (χ3v) is 8.17. The lowest BCUT2D eigenvalue weighted by Crippen LogP contribution is -2.40. The van der Waals surface area contributed by atoms with Crippen LogP contribution in [0.15, 0.2) is 0 Å². The number of hydrogen-bond donors (Lipinski definition) is 1. The highest BCUT2D eigenvalue weighted by Gasteiger charge is 2.42. The molecule has 1 N–H and O–H groups in total. The van der Waals surface area contributed by atoms with Crippen molar-refractivity contribution in [3.8, 4) is 0 Å². The second kappa shape index (κ2) is 8.47. The number of ether oxygens (including phenoxy) is 1. The number of nitrogens with one attached hydrogen (secondary N) is 1. The van der Waals surface area contributed by atoms with Crippen molar-refractivity contribution < 1.29 is 13.2 Å². The molecular formula is C18H34N2O3S. The largest absolute Gasteiger partial charge is 0.381 e. The summed E-state index contributed by atoms with van der Waals surface area (Å²) in [6, 6.07) is 0. The lowest BCUT2D eigenvalue weighted by molar-refractivity contribution is 0.0745. The fraction of sp³-hybridized carbons (Fsp3) is 1.00. The molecule has 0 aromatic carbocycles. The summed E-state index contributed by atoms with van der Waals surface area (Å²) in [6.07, 6.45) is 7.25. The Kier molecular flexibility index (Phi) is 6.57. The SMILES string of the molecule is CCS(=O)(=O)N1CCC(COCCC2CC2C2CCNCC2)CC1. The van der Waals surface area contributed by atoms with Crippen LogP contribution in [0.2, 0.25) is 0 Å². The first-order chi connectivity index (χ1) is 11.6. The zero-order chi connectivity index (χ0) is 17.0. The van der Waals surface area contributed by atoms with E-state index >= 15 is 0 Å². The second-order valence-corrected chi connectivity index (χ2v) is 10.1. The number of sulfonamides is 1. The highest BCUT2D eigenvalue weighted by atomic mass is 32.2. The Hall–Kier alpha value is -0.170. The van der Waals surface area contributed by atoms with Gasteiger partial charge in [-0.05, 0) is 82.2 Å². The summed E-state index contributed by atoms with van der Waals surface area (Å²) in [7, 11) is -3.00. The van der Waals surface area contributed by atoms with E-state index in [1.807, 2.05) is 0 Å². The Bertz CT molecular complexity index is 482. The third kappa shape index (κ3) is 4.93. The molecule has 140 valence electrons. The highest BCUT2D eigenvalue weighted by Crippen LogP contribution is 2.49. The highest BCUT2D eigenvalue weighted by molar-refractivity contribution is 7.89. The predicted molar refractivity (Wildman–Crippen MR) is 96.4 cm³/mol. The van der Waals surface area contributed by atoms with Gasteiger partial charge in [0.2, 0.25) is 10.0 Å². The summed E-state index contributed by atoms with van der Waals surface area (Å²) in [5.74, 6) is 3.59. The Balaban J connectivity index is 1.25. The summed E-state index contributed by atoms with van der Waals surface area (Å²) < 4.78 is 31.3. The van der Waals surface area contributed by atoms with Crippen molar-refractivity contribution in [2.75, 3.05) is 45.1 Å². The van der Waals surface area contributed by atoms with Crippen LogP contribution in [0.1, 0.15) is 45.4 Å². The molecule has 2 saturated heterocycles. The molecule has 0 bridgehead atoms. The maximum atomic E-state index is 11.9. The van der Waals surface area contributed by atoms with Gasteiger partial charge >= 0.3 is 0 Å². The second-order valence-electron chi connectivity index (χ2n) is 7.85. The number of piperidine rings is 2. The van der Waals surface area contributed by atoms with Crippen molar-refractivity contribution in [1.29, 1.82) is 0 Å². The Morgan fingerprint density at radius 1 is 1.12 bits per heavy atom. The maximum absolute atomic E-state index is 11.9. The van der Waals surface area contributed by atoms with E-state index in [0.29, 0.717) is 19.0 Å². The quantitative estimate of drug-likeness (QED) is 0.675. The van der Waals surface area contributed by atoms with E-state index in [1.54, 1.807) is 11.2 Å². The minimum atomic E-state index is -3.00. The van der Waals surface area contributed by atoms with Crippen molar-refractivity contribution in [3.63, 3.8) is 0 Å². The molecule has 2 unspecified atom stereocenters. The molecule has 3 fully saturated rings. The van der Waals surface area contributed by atoms with Gasteiger partial charge < -0.3 is 10.1 Å². The summed E-state index contributed by atoms with van der Waals surface area (Å²) >= 11 is 0. The van der Waals surface area contributed by atoms with Crippen molar-refractivity contribution in [1.82, 2.24) is 9.62 Å². The van der Waals surface area contributed by atoms with Crippen LogP contribution in [0, 0.1) is 23.7 Å². The first kappa shape index (κ1) is 18.6. The van der Waals surface area contributed by atoms with E-state index in [2.05, 4.69) is 5.32 Å². The van der Waals surface area contributed by atoms with Crippen LogP contribution in [-0.4, -0.2) is 57.9 Å². The molecule has 2 aliphatic heterocycles. The predicted octanol–water partition coefficient (Wildman–Crippen LogP) is 2.09. The zero-order valence-corrected chi connectivity index (χ0v) is 15.9. The first-order valence-electron chi connectivity index (χ1n) is 9.86. The van der Waals surface area contributed by atoms with Crippen LogP contribution in [-0.2, 0) is 14.8 Å². The van der Waals surface area contributed by atoms with Gasteiger partial charge in [-0.15, -0.1) is 0 Å². The Morgan fingerprint density at radius 2 is 1.83 bits per heavy atom. The fourth-order valence-electron chi connectivity index (χ4n) is 4.47. The normalized spacial score (nSPS) is 30.5. The summed E-state index contributed by atoms with van der Waals surface area (Å²) in [5.41, 5.74) is 0. The van der Waals surface area contributed by atoms with E-state index in [1.165, 1.54) is 38.8 Å². The number of rotatable bonds is 8. The monoisotopic (exact) mass is 358 g/mol. The molecule has 0 radical (unpaired) electrons. The van der Waals surface area contributed by atoms with Crippen LogP contribution in [0.3, 0.4) is 0 Å². The molecular weight excluding hydrogens is 324 g/mol. The van der Waals surface area contributed by atoms with Gasteiger partial charge in [0.05, 0.1) is 5.75 Å². The first-order valence-corrected chi connectivity index (χ1v) is 11.5. The van der Waals surface area contributed by atoms with Crippen molar-refractivity contribution >= 4 is 10.0 Å². The van der Waals surface area contributed by atoms with Crippen LogP contribution in [0.5, 0.6) is 0 Å². The topological polar surface area (TPSA) is 58.6 Å². The Morgan fingerprint density at radius 3 is 2.50 bits per heavy atom. The minimum absolute atomic E-state index is 0.216. The summed E-state index contributed by atoms with van der Waals surface area (Å²) in [4.78, 5) is 0. The van der Waals surface area contributed by atoms with E-state index in [4.69, 9.17) is 4.74 Å². The Labute approximate surface area is 147 Å². The lowest BCUT2D eigenvalue weighted by Gasteiger charge is -2.30.